The maximum Gasteiger partial charge on any atom is 0.137 e. The van der Waals surface area contributed by atoms with E-state index in [4.69, 9.17) is 11.6 Å². The zero-order chi connectivity index (χ0) is 20.4. The quantitative estimate of drug-likeness (QED) is 0.687. The lowest BCUT2D eigenvalue weighted by Crippen LogP contribution is -2.56. The van der Waals surface area contributed by atoms with Crippen LogP contribution in [0.15, 0.2) is 36.4 Å². The third-order valence-electron chi connectivity index (χ3n) is 7.43. The molecule has 0 amide bonds. The van der Waals surface area contributed by atoms with Crippen molar-refractivity contribution in [2.45, 2.75) is 51.9 Å². The van der Waals surface area contributed by atoms with Crippen molar-refractivity contribution in [1.82, 2.24) is 0 Å². The molecule has 2 aromatic carbocycles. The van der Waals surface area contributed by atoms with E-state index >= 15 is 0 Å². The lowest BCUT2D eigenvalue weighted by Gasteiger charge is -2.59. The molecular formula is C24H27ClO3. The number of carbonyl (C=O) groups is 1. The number of rotatable bonds is 3. The van der Waals surface area contributed by atoms with E-state index in [1.165, 1.54) is 0 Å². The Labute approximate surface area is 171 Å². The first kappa shape index (κ1) is 19.3. The van der Waals surface area contributed by atoms with Crippen molar-refractivity contribution in [2.75, 3.05) is 0 Å². The highest BCUT2D eigenvalue weighted by molar-refractivity contribution is 6.30. The van der Waals surface area contributed by atoms with Crippen LogP contribution in [0, 0.1) is 17.3 Å². The summed E-state index contributed by atoms with van der Waals surface area (Å²) < 4.78 is 0. The molecule has 3 aliphatic carbocycles. The van der Waals surface area contributed by atoms with E-state index in [2.05, 4.69) is 13.8 Å². The van der Waals surface area contributed by atoms with Gasteiger partial charge in [0.15, 0.2) is 0 Å². The molecule has 3 saturated carbocycles. The molecule has 5 rings (SSSR count). The second kappa shape index (κ2) is 6.25. The van der Waals surface area contributed by atoms with Crippen LogP contribution in [0.25, 0.3) is 0 Å². The fourth-order valence-corrected chi connectivity index (χ4v) is 5.52. The van der Waals surface area contributed by atoms with Gasteiger partial charge in [-0.1, -0.05) is 51.4 Å². The number of phenols is 2. The van der Waals surface area contributed by atoms with Gasteiger partial charge in [0.2, 0.25) is 0 Å². The molecule has 4 heteroatoms. The van der Waals surface area contributed by atoms with E-state index in [0.717, 1.165) is 17.5 Å². The molecule has 28 heavy (non-hydrogen) atoms. The molecule has 0 heterocycles. The minimum absolute atomic E-state index is 0.0693. The molecule has 0 unspecified atom stereocenters. The number of hydrogen-bond acceptors (Lipinski definition) is 3. The summed E-state index contributed by atoms with van der Waals surface area (Å²) in [5.41, 5.74) is 1.91. The van der Waals surface area contributed by atoms with Crippen LogP contribution in [-0.4, -0.2) is 16.0 Å². The maximum absolute atomic E-state index is 12.5. The summed E-state index contributed by atoms with van der Waals surface area (Å²) in [6.45, 7) is 8.35. The molecule has 2 bridgehead atoms. The van der Waals surface area contributed by atoms with E-state index in [-0.39, 0.29) is 34.5 Å². The minimum Gasteiger partial charge on any atom is -0.508 e. The smallest absolute Gasteiger partial charge is 0.137 e. The molecule has 0 aromatic heterocycles. The van der Waals surface area contributed by atoms with Crippen molar-refractivity contribution < 1.29 is 15.0 Å². The van der Waals surface area contributed by atoms with Gasteiger partial charge in [-0.25, -0.2) is 0 Å². The lowest BCUT2D eigenvalue weighted by atomic mass is 9.44. The Hall–Kier alpha value is -2.00. The molecule has 3 aliphatic rings. The Balaban J connectivity index is 1.73. The van der Waals surface area contributed by atoms with Gasteiger partial charge in [-0.3, -0.25) is 4.79 Å². The average Bonchev–Trinajstić information content (AvgIpc) is 2.60. The summed E-state index contributed by atoms with van der Waals surface area (Å²) in [6.07, 6.45) is 1.26. The standard InChI is InChI=1S/C24H27ClO3/c1-23(2,13-5-7-15(25)8-6-13)14-9-20(27)22(21(28)10-14)16-11-19(26)18-12-17(16)24(18,3)4/h5-10,16-18,27-28H,11-12H2,1-4H3/t16-,17+,18-/m0/s1. The van der Waals surface area contributed by atoms with Crippen molar-refractivity contribution in [2.24, 2.45) is 17.3 Å². The topological polar surface area (TPSA) is 57.5 Å². The first-order valence-electron chi connectivity index (χ1n) is 9.88. The average molecular weight is 399 g/mol. The van der Waals surface area contributed by atoms with E-state index < -0.39 is 5.41 Å². The number of aromatic hydroxyl groups is 2. The van der Waals surface area contributed by atoms with Gasteiger partial charge < -0.3 is 10.2 Å². The summed E-state index contributed by atoms with van der Waals surface area (Å²) >= 11 is 6.01. The zero-order valence-corrected chi connectivity index (χ0v) is 17.5. The number of carbonyl (C=O) groups excluding carboxylic acids is 1. The van der Waals surface area contributed by atoms with Crippen LogP contribution in [-0.2, 0) is 10.2 Å². The monoisotopic (exact) mass is 398 g/mol. The van der Waals surface area contributed by atoms with Crippen molar-refractivity contribution in [3.8, 4) is 11.5 Å². The third kappa shape index (κ3) is 2.75. The largest absolute Gasteiger partial charge is 0.508 e. The number of fused-ring (bicyclic) bond motifs is 2. The Kier molecular flexibility index (Phi) is 4.31. The van der Waals surface area contributed by atoms with E-state index in [0.29, 0.717) is 22.9 Å². The molecule has 0 aliphatic heterocycles. The number of phenolic OH excluding ortho intramolecular Hbond substituents is 2. The van der Waals surface area contributed by atoms with Crippen molar-refractivity contribution in [3.63, 3.8) is 0 Å². The van der Waals surface area contributed by atoms with Crippen LogP contribution < -0.4 is 0 Å². The second-order valence-electron chi connectivity index (χ2n) is 9.55. The number of ketones is 1. The molecule has 0 saturated heterocycles. The first-order valence-corrected chi connectivity index (χ1v) is 10.3. The Bertz CT molecular complexity index is 920. The summed E-state index contributed by atoms with van der Waals surface area (Å²) in [7, 11) is 0. The molecule has 2 aromatic rings. The summed E-state index contributed by atoms with van der Waals surface area (Å²) in [5, 5.41) is 22.4. The number of halogens is 1. The Morgan fingerprint density at radius 3 is 2.11 bits per heavy atom. The van der Waals surface area contributed by atoms with Crippen LogP contribution in [0.4, 0.5) is 0 Å². The summed E-state index contributed by atoms with van der Waals surface area (Å²) in [4.78, 5) is 12.5. The molecule has 148 valence electrons. The molecule has 3 nitrogen and oxygen atoms in total. The highest BCUT2D eigenvalue weighted by Crippen LogP contribution is 2.64. The van der Waals surface area contributed by atoms with Gasteiger partial charge in [-0.05, 0) is 53.1 Å². The van der Waals surface area contributed by atoms with Crippen LogP contribution >= 0.6 is 11.6 Å². The van der Waals surface area contributed by atoms with E-state index in [9.17, 15) is 15.0 Å². The summed E-state index contributed by atoms with van der Waals surface area (Å²) in [6, 6.07) is 11.1. The SMILES string of the molecule is CC(C)(c1ccc(Cl)cc1)c1cc(O)c([C@H]2CC(=O)[C@@H]3C[C@H]2C3(C)C)c(O)c1. The fraction of sp³-hybridized carbons (Fsp3) is 0.458. The molecule has 2 N–H and O–H groups in total. The van der Waals surface area contributed by atoms with Gasteiger partial charge in [-0.2, -0.15) is 0 Å². The van der Waals surface area contributed by atoms with Crippen LogP contribution in [0.5, 0.6) is 11.5 Å². The van der Waals surface area contributed by atoms with Gasteiger partial charge in [-0.15, -0.1) is 0 Å². The third-order valence-corrected chi connectivity index (χ3v) is 7.69. The van der Waals surface area contributed by atoms with Crippen molar-refractivity contribution >= 4 is 17.4 Å². The molecular weight excluding hydrogens is 372 g/mol. The van der Waals surface area contributed by atoms with Crippen LogP contribution in [0.1, 0.15) is 63.1 Å². The number of Topliss-reactive ketones (excluding diaryl/α,β-unsaturated/α-hetero) is 1. The maximum atomic E-state index is 12.5. The van der Waals surface area contributed by atoms with Crippen molar-refractivity contribution in [3.05, 3.63) is 58.1 Å². The highest BCUT2D eigenvalue weighted by atomic mass is 35.5. The molecule has 0 spiro atoms. The summed E-state index contributed by atoms with van der Waals surface area (Å²) in [5.74, 6) is 0.720. The van der Waals surface area contributed by atoms with Gasteiger partial charge in [0.25, 0.3) is 0 Å². The minimum atomic E-state index is -0.415. The van der Waals surface area contributed by atoms with Gasteiger partial charge in [0.05, 0.1) is 0 Å². The van der Waals surface area contributed by atoms with Gasteiger partial charge in [0.1, 0.15) is 17.3 Å². The number of benzene rings is 2. The zero-order valence-electron chi connectivity index (χ0n) is 16.8. The highest BCUT2D eigenvalue weighted by Gasteiger charge is 2.59. The van der Waals surface area contributed by atoms with Gasteiger partial charge in [0, 0.05) is 34.3 Å². The Morgan fingerprint density at radius 1 is 1.04 bits per heavy atom. The lowest BCUT2D eigenvalue weighted by molar-refractivity contribution is -0.151. The predicted molar refractivity (Wildman–Crippen MR) is 111 cm³/mol. The van der Waals surface area contributed by atoms with Crippen molar-refractivity contribution in [1.29, 1.82) is 0 Å². The predicted octanol–water partition coefficient (Wildman–Crippen LogP) is 5.80. The van der Waals surface area contributed by atoms with E-state index in [1.54, 1.807) is 12.1 Å². The molecule has 3 fully saturated rings. The van der Waals surface area contributed by atoms with E-state index in [1.807, 2.05) is 38.1 Å². The molecule has 3 atom stereocenters. The second-order valence-corrected chi connectivity index (χ2v) is 9.99. The van der Waals surface area contributed by atoms with Crippen LogP contribution in [0.3, 0.4) is 0 Å². The van der Waals surface area contributed by atoms with Crippen LogP contribution in [0.2, 0.25) is 5.02 Å². The first-order chi connectivity index (χ1) is 13.0. The van der Waals surface area contributed by atoms with Gasteiger partial charge >= 0.3 is 0 Å². The number of hydrogen-bond donors (Lipinski definition) is 2. The fourth-order valence-electron chi connectivity index (χ4n) is 5.39. The normalized spacial score (nSPS) is 26.0. The molecule has 0 radical (unpaired) electrons. The Morgan fingerprint density at radius 2 is 1.61 bits per heavy atom.